The van der Waals surface area contributed by atoms with Crippen LogP contribution in [-0.2, 0) is 13.1 Å². The van der Waals surface area contributed by atoms with Gasteiger partial charge in [-0.1, -0.05) is 42.1 Å². The Bertz CT molecular complexity index is 926. The lowest BCUT2D eigenvalue weighted by Gasteiger charge is -2.10. The lowest BCUT2D eigenvalue weighted by atomic mass is 10.1. The molecule has 1 aliphatic rings. The second-order valence-corrected chi connectivity index (χ2v) is 7.61. The Balaban J connectivity index is 1.61. The summed E-state index contributed by atoms with van der Waals surface area (Å²) < 4.78 is 2.98. The second-order valence-electron chi connectivity index (χ2n) is 5.63. The number of carbonyl (C=O) groups is 1. The van der Waals surface area contributed by atoms with Crippen molar-refractivity contribution in [2.75, 3.05) is 5.75 Å². The first-order valence-corrected chi connectivity index (χ1v) is 9.66. The van der Waals surface area contributed by atoms with Gasteiger partial charge in [-0.3, -0.25) is 9.78 Å². The van der Waals surface area contributed by atoms with E-state index in [2.05, 4.69) is 30.8 Å². The summed E-state index contributed by atoms with van der Waals surface area (Å²) in [5.74, 6) is 0.877. The molecule has 3 heterocycles. The maximum Gasteiger partial charge on any atom is 0.253 e. The first kappa shape index (κ1) is 16.4. The van der Waals surface area contributed by atoms with Crippen LogP contribution in [0.5, 0.6) is 0 Å². The fourth-order valence-electron chi connectivity index (χ4n) is 2.84. The minimum absolute atomic E-state index is 0.144. The van der Waals surface area contributed by atoms with Gasteiger partial charge < -0.3 is 9.88 Å². The van der Waals surface area contributed by atoms with Crippen molar-refractivity contribution in [3.05, 3.63) is 64.5 Å². The monoisotopic (exact) mass is 414 g/mol. The Morgan fingerprint density at radius 1 is 1.28 bits per heavy atom. The van der Waals surface area contributed by atoms with Gasteiger partial charge in [0.2, 0.25) is 0 Å². The van der Waals surface area contributed by atoms with E-state index in [0.29, 0.717) is 12.1 Å². The van der Waals surface area contributed by atoms with Gasteiger partial charge in [0.15, 0.2) is 5.16 Å². The van der Waals surface area contributed by atoms with Crippen LogP contribution in [0.4, 0.5) is 0 Å². The molecule has 0 aliphatic carbocycles. The average Bonchev–Trinajstić information content (AvgIpc) is 3.22. The highest BCUT2D eigenvalue weighted by molar-refractivity contribution is 9.10. The summed E-state index contributed by atoms with van der Waals surface area (Å²) >= 11 is 5.10. The molecule has 1 aliphatic heterocycles. The topological polar surface area (TPSA) is 59.8 Å². The van der Waals surface area contributed by atoms with Crippen molar-refractivity contribution >= 4 is 33.6 Å². The van der Waals surface area contributed by atoms with Crippen LogP contribution >= 0.6 is 27.7 Å². The number of amides is 1. The maximum absolute atomic E-state index is 12.4. The number of carbonyl (C=O) groups excluding carboxylic acids is 1. The molecule has 4 rings (SSSR count). The molecule has 0 bridgehead atoms. The van der Waals surface area contributed by atoms with Crippen molar-refractivity contribution in [3.8, 4) is 11.3 Å². The number of halogens is 1. The van der Waals surface area contributed by atoms with Crippen LogP contribution in [0.1, 0.15) is 16.1 Å². The summed E-state index contributed by atoms with van der Waals surface area (Å²) in [6.45, 7) is 1.35. The molecule has 3 aromatic rings. The SMILES string of the molecule is O=C(NCc1c(-c2ccccc2)nc2n1CCS2)c1cncc(Br)c1. The van der Waals surface area contributed by atoms with Gasteiger partial charge in [-0.05, 0) is 22.0 Å². The first-order chi connectivity index (χ1) is 12.2. The molecule has 5 nitrogen and oxygen atoms in total. The van der Waals surface area contributed by atoms with E-state index in [-0.39, 0.29) is 5.91 Å². The number of hydrogen-bond acceptors (Lipinski definition) is 4. The largest absolute Gasteiger partial charge is 0.346 e. The number of fused-ring (bicyclic) bond motifs is 1. The summed E-state index contributed by atoms with van der Waals surface area (Å²) in [5.41, 5.74) is 3.59. The Hall–Kier alpha value is -2.12. The van der Waals surface area contributed by atoms with Crippen LogP contribution < -0.4 is 5.32 Å². The van der Waals surface area contributed by atoms with E-state index in [1.807, 2.05) is 30.3 Å². The molecule has 1 N–H and O–H groups in total. The number of imidazole rings is 1. The number of aromatic nitrogens is 3. The zero-order chi connectivity index (χ0) is 17.2. The molecule has 0 saturated heterocycles. The molecule has 0 saturated carbocycles. The smallest absolute Gasteiger partial charge is 0.253 e. The maximum atomic E-state index is 12.4. The zero-order valence-corrected chi connectivity index (χ0v) is 15.7. The van der Waals surface area contributed by atoms with Crippen LogP contribution in [0.2, 0.25) is 0 Å². The molecule has 0 atom stereocenters. The van der Waals surface area contributed by atoms with Crippen molar-refractivity contribution in [2.24, 2.45) is 0 Å². The molecule has 0 fully saturated rings. The van der Waals surface area contributed by atoms with Gasteiger partial charge in [-0.2, -0.15) is 0 Å². The average molecular weight is 415 g/mol. The number of thioether (sulfide) groups is 1. The molecule has 1 aromatic carbocycles. The minimum atomic E-state index is -0.144. The Kier molecular flexibility index (Phi) is 4.59. The molecular formula is C18H15BrN4OS. The number of hydrogen-bond donors (Lipinski definition) is 1. The Morgan fingerprint density at radius 2 is 2.12 bits per heavy atom. The molecular weight excluding hydrogens is 400 g/mol. The van der Waals surface area contributed by atoms with Crippen molar-refractivity contribution in [1.82, 2.24) is 19.9 Å². The Morgan fingerprint density at radius 3 is 2.92 bits per heavy atom. The van der Waals surface area contributed by atoms with Gasteiger partial charge in [0.25, 0.3) is 5.91 Å². The third-order valence-corrected chi connectivity index (χ3v) is 5.40. The van der Waals surface area contributed by atoms with Crippen molar-refractivity contribution in [3.63, 3.8) is 0 Å². The van der Waals surface area contributed by atoms with Crippen molar-refractivity contribution in [2.45, 2.75) is 18.2 Å². The van der Waals surface area contributed by atoms with Gasteiger partial charge in [0.05, 0.1) is 23.5 Å². The van der Waals surface area contributed by atoms with E-state index in [1.165, 1.54) is 0 Å². The predicted octanol–water partition coefficient (Wildman–Crippen LogP) is 3.74. The molecule has 1 amide bonds. The number of nitrogens with zero attached hydrogens (tertiary/aromatic N) is 3. The quantitative estimate of drug-likeness (QED) is 0.705. The molecule has 2 aromatic heterocycles. The number of rotatable bonds is 4. The highest BCUT2D eigenvalue weighted by atomic mass is 79.9. The molecule has 126 valence electrons. The highest BCUT2D eigenvalue weighted by Crippen LogP contribution is 2.33. The number of benzene rings is 1. The zero-order valence-electron chi connectivity index (χ0n) is 13.3. The first-order valence-electron chi connectivity index (χ1n) is 7.89. The highest BCUT2D eigenvalue weighted by Gasteiger charge is 2.23. The Labute approximate surface area is 158 Å². The van der Waals surface area contributed by atoms with E-state index in [1.54, 1.807) is 30.2 Å². The minimum Gasteiger partial charge on any atom is -0.346 e. The van der Waals surface area contributed by atoms with E-state index >= 15 is 0 Å². The lowest BCUT2D eigenvalue weighted by Crippen LogP contribution is -2.24. The van der Waals surface area contributed by atoms with E-state index in [4.69, 9.17) is 4.98 Å². The van der Waals surface area contributed by atoms with Crippen LogP contribution in [0, 0.1) is 0 Å². The molecule has 7 heteroatoms. The third kappa shape index (κ3) is 3.34. The number of pyridine rings is 1. The fourth-order valence-corrected chi connectivity index (χ4v) is 4.18. The standard InChI is InChI=1S/C18H15BrN4OS/c19-14-8-13(9-20-10-14)17(24)21-11-15-16(12-4-2-1-3-5-12)22-18-23(15)6-7-25-18/h1-5,8-10H,6-7,11H2,(H,21,24). The normalized spacial score (nSPS) is 12.8. The van der Waals surface area contributed by atoms with Gasteiger partial charge in [-0.15, -0.1) is 0 Å². The summed E-state index contributed by atoms with van der Waals surface area (Å²) in [6.07, 6.45) is 3.22. The van der Waals surface area contributed by atoms with Crippen molar-refractivity contribution < 1.29 is 4.79 Å². The summed E-state index contributed by atoms with van der Waals surface area (Å²) in [5, 5.41) is 4.02. The molecule has 0 unspecified atom stereocenters. The second kappa shape index (κ2) is 7.01. The molecule has 0 spiro atoms. The van der Waals surface area contributed by atoms with Gasteiger partial charge in [-0.25, -0.2) is 4.98 Å². The summed E-state index contributed by atoms with van der Waals surface area (Å²) in [7, 11) is 0. The number of nitrogens with one attached hydrogen (secondary N) is 1. The van der Waals surface area contributed by atoms with Gasteiger partial charge >= 0.3 is 0 Å². The van der Waals surface area contributed by atoms with E-state index in [0.717, 1.165) is 38.9 Å². The third-order valence-electron chi connectivity index (χ3n) is 4.01. The van der Waals surface area contributed by atoms with Crippen LogP contribution in [0.3, 0.4) is 0 Å². The van der Waals surface area contributed by atoms with Crippen molar-refractivity contribution in [1.29, 1.82) is 0 Å². The van der Waals surface area contributed by atoms with Crippen LogP contribution in [0.25, 0.3) is 11.3 Å². The van der Waals surface area contributed by atoms with Gasteiger partial charge in [0.1, 0.15) is 0 Å². The van der Waals surface area contributed by atoms with E-state index in [9.17, 15) is 4.79 Å². The van der Waals surface area contributed by atoms with Gasteiger partial charge in [0, 0.05) is 34.7 Å². The van der Waals surface area contributed by atoms with Crippen LogP contribution in [0.15, 0.2) is 58.4 Å². The predicted molar refractivity (Wildman–Crippen MR) is 101 cm³/mol. The molecule has 0 radical (unpaired) electrons. The van der Waals surface area contributed by atoms with E-state index < -0.39 is 0 Å². The fraction of sp³-hybridized carbons (Fsp3) is 0.167. The lowest BCUT2D eigenvalue weighted by molar-refractivity contribution is 0.0949. The van der Waals surface area contributed by atoms with Crippen LogP contribution in [-0.4, -0.2) is 26.2 Å². The summed E-state index contributed by atoms with van der Waals surface area (Å²) in [4.78, 5) is 21.3. The summed E-state index contributed by atoms with van der Waals surface area (Å²) in [6, 6.07) is 11.9. The molecule has 25 heavy (non-hydrogen) atoms.